The van der Waals surface area contributed by atoms with Crippen molar-refractivity contribution in [2.45, 2.75) is 0 Å². The first-order valence-electron chi connectivity index (χ1n) is 6.42. The molecule has 0 saturated carbocycles. The maximum Gasteiger partial charge on any atom is 0.323 e. The number of carbonyl (C=O) groups is 1. The summed E-state index contributed by atoms with van der Waals surface area (Å²) in [6, 6.07) is 9.51. The second kappa shape index (κ2) is 7.21. The summed E-state index contributed by atoms with van der Waals surface area (Å²) in [6.45, 7) is 0. The van der Waals surface area contributed by atoms with Crippen LogP contribution in [0.15, 0.2) is 48.7 Å². The Hall–Kier alpha value is -2.89. The highest BCUT2D eigenvalue weighted by Gasteiger charge is 2.06. The van der Waals surface area contributed by atoms with Crippen molar-refractivity contribution in [1.82, 2.24) is 5.32 Å². The molecule has 2 amide bonds. The number of ether oxygens (including phenoxy) is 1. The number of rotatable bonds is 4. The Bertz CT molecular complexity index is 702. The van der Waals surface area contributed by atoms with Crippen molar-refractivity contribution in [3.05, 3.63) is 65.9 Å². The Labute approximate surface area is 126 Å². The van der Waals surface area contributed by atoms with Crippen molar-refractivity contribution >= 4 is 17.8 Å². The highest BCUT2D eigenvalue weighted by Crippen LogP contribution is 2.18. The molecule has 0 saturated heterocycles. The Kier molecular flexibility index (Phi) is 5.08. The third-order valence-corrected chi connectivity index (χ3v) is 2.80. The smallest absolute Gasteiger partial charge is 0.323 e. The number of amides is 2. The van der Waals surface area contributed by atoms with Crippen LogP contribution in [0.1, 0.15) is 5.56 Å². The van der Waals surface area contributed by atoms with Crippen LogP contribution < -0.4 is 15.4 Å². The standard InChI is InChI=1S/C16H14F2N2O2/c1-22-15-5-3-2-4-11(15)8-9-19-16(21)20-14-7-6-12(17)10-13(14)18/h2-10H,1H3,(H2,19,20,21)/b9-8+. The van der Waals surface area contributed by atoms with Gasteiger partial charge in [0.25, 0.3) is 0 Å². The average molecular weight is 304 g/mol. The van der Waals surface area contributed by atoms with E-state index in [0.717, 1.165) is 17.7 Å². The number of benzene rings is 2. The van der Waals surface area contributed by atoms with Gasteiger partial charge in [0.1, 0.15) is 17.4 Å². The first kappa shape index (κ1) is 15.5. The number of urea groups is 1. The van der Waals surface area contributed by atoms with Crippen LogP contribution in [-0.2, 0) is 0 Å². The topological polar surface area (TPSA) is 50.4 Å². The zero-order valence-corrected chi connectivity index (χ0v) is 11.8. The number of anilines is 1. The number of hydrogen-bond acceptors (Lipinski definition) is 2. The highest BCUT2D eigenvalue weighted by atomic mass is 19.1. The number of nitrogens with one attached hydrogen (secondary N) is 2. The molecule has 2 aromatic carbocycles. The average Bonchev–Trinajstić information content (AvgIpc) is 2.50. The maximum atomic E-state index is 13.4. The third-order valence-electron chi connectivity index (χ3n) is 2.80. The van der Waals surface area contributed by atoms with Crippen LogP contribution in [-0.4, -0.2) is 13.1 Å². The minimum absolute atomic E-state index is 0.107. The summed E-state index contributed by atoms with van der Waals surface area (Å²) in [5.41, 5.74) is 0.669. The molecule has 0 aliphatic heterocycles. The summed E-state index contributed by atoms with van der Waals surface area (Å²) in [5.74, 6) is -0.895. The van der Waals surface area contributed by atoms with Gasteiger partial charge < -0.3 is 15.4 Å². The molecule has 0 fully saturated rings. The summed E-state index contributed by atoms with van der Waals surface area (Å²) < 4.78 is 31.3. The van der Waals surface area contributed by atoms with Gasteiger partial charge in [-0.25, -0.2) is 13.6 Å². The second-order valence-corrected chi connectivity index (χ2v) is 4.30. The third kappa shape index (κ3) is 4.05. The Morgan fingerprint density at radius 1 is 1.18 bits per heavy atom. The van der Waals surface area contributed by atoms with Crippen LogP contribution in [0.5, 0.6) is 5.75 Å². The van der Waals surface area contributed by atoms with Crippen LogP contribution >= 0.6 is 0 Å². The lowest BCUT2D eigenvalue weighted by molar-refractivity contribution is 0.255. The van der Waals surface area contributed by atoms with E-state index in [0.29, 0.717) is 11.8 Å². The molecule has 2 aromatic rings. The van der Waals surface area contributed by atoms with Gasteiger partial charge in [-0.3, -0.25) is 0 Å². The molecule has 0 heterocycles. The first-order valence-corrected chi connectivity index (χ1v) is 6.42. The van der Waals surface area contributed by atoms with Crippen LogP contribution in [0.2, 0.25) is 0 Å². The van der Waals surface area contributed by atoms with Crippen molar-refractivity contribution in [3.63, 3.8) is 0 Å². The molecule has 0 spiro atoms. The van der Waals surface area contributed by atoms with Crippen molar-refractivity contribution in [1.29, 1.82) is 0 Å². The van der Waals surface area contributed by atoms with E-state index in [4.69, 9.17) is 4.74 Å². The van der Waals surface area contributed by atoms with E-state index in [1.165, 1.54) is 6.20 Å². The van der Waals surface area contributed by atoms with E-state index in [1.807, 2.05) is 18.2 Å². The highest BCUT2D eigenvalue weighted by molar-refractivity contribution is 5.90. The van der Waals surface area contributed by atoms with Gasteiger partial charge in [0.15, 0.2) is 0 Å². The molecule has 4 nitrogen and oxygen atoms in total. The van der Waals surface area contributed by atoms with Gasteiger partial charge in [-0.1, -0.05) is 18.2 Å². The first-order chi connectivity index (χ1) is 10.6. The molecule has 0 bridgehead atoms. The Morgan fingerprint density at radius 2 is 1.95 bits per heavy atom. The number of hydrogen-bond donors (Lipinski definition) is 2. The fourth-order valence-corrected chi connectivity index (χ4v) is 1.76. The van der Waals surface area contributed by atoms with Gasteiger partial charge in [0.05, 0.1) is 12.8 Å². The molecule has 0 aliphatic carbocycles. The zero-order valence-electron chi connectivity index (χ0n) is 11.8. The maximum absolute atomic E-state index is 13.4. The van der Waals surface area contributed by atoms with E-state index in [-0.39, 0.29) is 5.69 Å². The summed E-state index contributed by atoms with van der Waals surface area (Å²) in [4.78, 5) is 11.6. The molecule has 0 unspecified atom stereocenters. The van der Waals surface area contributed by atoms with Crippen LogP contribution in [0.3, 0.4) is 0 Å². The molecule has 0 radical (unpaired) electrons. The summed E-state index contributed by atoms with van der Waals surface area (Å²) in [6.07, 6.45) is 3.04. The molecular weight excluding hydrogens is 290 g/mol. The Balaban J connectivity index is 1.96. The van der Waals surface area contributed by atoms with E-state index < -0.39 is 17.7 Å². The minimum Gasteiger partial charge on any atom is -0.496 e. The molecule has 2 N–H and O–H groups in total. The predicted molar refractivity (Wildman–Crippen MR) is 80.5 cm³/mol. The fourth-order valence-electron chi connectivity index (χ4n) is 1.76. The number of carbonyl (C=O) groups excluding carboxylic acids is 1. The van der Waals surface area contributed by atoms with Gasteiger partial charge in [-0.2, -0.15) is 0 Å². The largest absolute Gasteiger partial charge is 0.496 e. The number of methoxy groups -OCH3 is 1. The number of halogens is 2. The van der Waals surface area contributed by atoms with E-state index >= 15 is 0 Å². The fraction of sp³-hybridized carbons (Fsp3) is 0.0625. The molecule has 0 atom stereocenters. The van der Waals surface area contributed by atoms with Crippen molar-refractivity contribution in [2.75, 3.05) is 12.4 Å². The number of para-hydroxylation sites is 1. The lowest BCUT2D eigenvalue weighted by Crippen LogP contribution is -2.24. The molecule has 2 rings (SSSR count). The van der Waals surface area contributed by atoms with Gasteiger partial charge in [-0.15, -0.1) is 0 Å². The molecule has 114 valence electrons. The molecular formula is C16H14F2N2O2. The second-order valence-electron chi connectivity index (χ2n) is 4.30. The van der Waals surface area contributed by atoms with Gasteiger partial charge in [0.2, 0.25) is 0 Å². The lowest BCUT2D eigenvalue weighted by Gasteiger charge is -2.06. The van der Waals surface area contributed by atoms with Gasteiger partial charge in [0, 0.05) is 17.8 Å². The summed E-state index contributed by atoms with van der Waals surface area (Å²) in [5, 5.41) is 4.70. The van der Waals surface area contributed by atoms with E-state index in [9.17, 15) is 13.6 Å². The van der Waals surface area contributed by atoms with Crippen LogP contribution in [0, 0.1) is 11.6 Å². The quantitative estimate of drug-likeness (QED) is 0.903. The lowest BCUT2D eigenvalue weighted by atomic mass is 10.2. The van der Waals surface area contributed by atoms with Crippen molar-refractivity contribution in [3.8, 4) is 5.75 Å². The van der Waals surface area contributed by atoms with Crippen molar-refractivity contribution < 1.29 is 18.3 Å². The normalized spacial score (nSPS) is 10.5. The van der Waals surface area contributed by atoms with E-state index in [1.54, 1.807) is 19.3 Å². The van der Waals surface area contributed by atoms with Gasteiger partial charge in [-0.05, 0) is 24.3 Å². The predicted octanol–water partition coefficient (Wildman–Crippen LogP) is 3.77. The zero-order chi connectivity index (χ0) is 15.9. The van der Waals surface area contributed by atoms with Gasteiger partial charge >= 0.3 is 6.03 Å². The minimum atomic E-state index is -0.844. The van der Waals surface area contributed by atoms with Crippen LogP contribution in [0.4, 0.5) is 19.3 Å². The van der Waals surface area contributed by atoms with E-state index in [2.05, 4.69) is 10.6 Å². The molecule has 0 aromatic heterocycles. The molecule has 6 heteroatoms. The molecule has 22 heavy (non-hydrogen) atoms. The van der Waals surface area contributed by atoms with Crippen molar-refractivity contribution in [2.24, 2.45) is 0 Å². The Morgan fingerprint density at radius 3 is 2.68 bits per heavy atom. The molecule has 0 aliphatic rings. The SMILES string of the molecule is COc1ccccc1/C=C/NC(=O)Nc1ccc(F)cc1F. The van der Waals surface area contributed by atoms with Crippen LogP contribution in [0.25, 0.3) is 6.08 Å². The summed E-state index contributed by atoms with van der Waals surface area (Å²) in [7, 11) is 1.55. The monoisotopic (exact) mass is 304 g/mol. The summed E-state index contributed by atoms with van der Waals surface area (Å²) >= 11 is 0.